The van der Waals surface area contributed by atoms with Gasteiger partial charge in [0.1, 0.15) is 0 Å². The number of benzene rings is 2. The van der Waals surface area contributed by atoms with Crippen LogP contribution in [0.2, 0.25) is 0 Å². The number of H-pyrrole nitrogens is 1. The lowest BCUT2D eigenvalue weighted by atomic mass is 9.87. The Balaban J connectivity index is 0.000000271. The number of nitrogens with zero attached hydrogens (tertiary/aromatic N) is 2. The van der Waals surface area contributed by atoms with Crippen LogP contribution < -0.4 is 11.1 Å². The Kier molecular flexibility index (Phi) is 7.23. The van der Waals surface area contributed by atoms with E-state index in [9.17, 15) is 4.79 Å². The van der Waals surface area contributed by atoms with E-state index >= 15 is 0 Å². The fourth-order valence-corrected chi connectivity index (χ4v) is 5.17. The standard InChI is InChI=1S/C21H18N4O2.C7H15N/c26-21(23-18-7-3-5-13-4-1-2-6-16(13)18)19-11-20(27-25-19)14-8-9-17-15(10-14)12-22-24-17;8-6-7-4-2-1-3-5-7/h1-2,4,6,8-12,18H,3,5,7H2,(H,22,24)(H,23,26);7H,1-6,8H2. The first-order chi connectivity index (χ1) is 17.2. The van der Waals surface area contributed by atoms with Gasteiger partial charge in [-0.3, -0.25) is 9.89 Å². The summed E-state index contributed by atoms with van der Waals surface area (Å²) in [6, 6.07) is 15.8. The van der Waals surface area contributed by atoms with E-state index in [1.54, 1.807) is 12.3 Å². The number of hydrogen-bond acceptors (Lipinski definition) is 5. The van der Waals surface area contributed by atoms with Crippen molar-refractivity contribution >= 4 is 16.8 Å². The molecule has 1 amide bonds. The van der Waals surface area contributed by atoms with Crippen LogP contribution in [0.3, 0.4) is 0 Å². The molecule has 1 fully saturated rings. The van der Waals surface area contributed by atoms with Crippen molar-refractivity contribution in [3.63, 3.8) is 0 Å². The first-order valence-corrected chi connectivity index (χ1v) is 12.7. The molecule has 7 nitrogen and oxygen atoms in total. The van der Waals surface area contributed by atoms with Gasteiger partial charge in [0, 0.05) is 17.0 Å². The monoisotopic (exact) mass is 471 g/mol. The number of nitrogens with one attached hydrogen (secondary N) is 2. The summed E-state index contributed by atoms with van der Waals surface area (Å²) in [5, 5.41) is 15.0. The Morgan fingerprint density at radius 3 is 2.74 bits per heavy atom. The van der Waals surface area contributed by atoms with Gasteiger partial charge in [-0.15, -0.1) is 0 Å². The van der Waals surface area contributed by atoms with Crippen LogP contribution in [0.1, 0.15) is 72.6 Å². The SMILES string of the molecule is NCC1CCCCC1.O=C(NC1CCCc2ccccc21)c1cc(-c2ccc3[nH]ncc3c2)on1. The number of rotatable bonds is 4. The average Bonchev–Trinajstić information content (AvgIpc) is 3.59. The Morgan fingerprint density at radius 1 is 1.06 bits per heavy atom. The molecule has 7 heteroatoms. The second-order valence-corrected chi connectivity index (χ2v) is 9.61. The zero-order chi connectivity index (χ0) is 24.0. The number of carbonyl (C=O) groups excluding carboxylic acids is 1. The summed E-state index contributed by atoms with van der Waals surface area (Å²) in [6.07, 6.45) is 11.9. The molecule has 0 radical (unpaired) electrons. The zero-order valence-corrected chi connectivity index (χ0v) is 20.0. The third-order valence-corrected chi connectivity index (χ3v) is 7.20. The number of fused-ring (bicyclic) bond motifs is 2. The Labute approximate surface area is 205 Å². The normalized spacial score (nSPS) is 17.9. The van der Waals surface area contributed by atoms with Gasteiger partial charge in [-0.05, 0) is 73.9 Å². The Morgan fingerprint density at radius 2 is 1.91 bits per heavy atom. The second-order valence-electron chi connectivity index (χ2n) is 9.61. The van der Waals surface area contributed by atoms with E-state index in [0.29, 0.717) is 11.5 Å². The first-order valence-electron chi connectivity index (χ1n) is 12.7. The molecule has 4 aromatic rings. The van der Waals surface area contributed by atoms with Crippen molar-refractivity contribution in [1.82, 2.24) is 20.7 Å². The summed E-state index contributed by atoms with van der Waals surface area (Å²) in [7, 11) is 0. The third kappa shape index (κ3) is 5.46. The predicted octanol–water partition coefficient (Wildman–Crippen LogP) is 5.55. The summed E-state index contributed by atoms with van der Waals surface area (Å²) >= 11 is 0. The molecule has 2 aliphatic rings. The van der Waals surface area contributed by atoms with Crippen molar-refractivity contribution in [2.45, 2.75) is 57.4 Å². The molecule has 2 aromatic heterocycles. The summed E-state index contributed by atoms with van der Waals surface area (Å²) in [5.41, 5.74) is 10.1. The van der Waals surface area contributed by atoms with Crippen molar-refractivity contribution in [2.24, 2.45) is 11.7 Å². The van der Waals surface area contributed by atoms with Crippen LogP contribution in [-0.4, -0.2) is 27.8 Å². The fourth-order valence-electron chi connectivity index (χ4n) is 5.17. The molecule has 182 valence electrons. The molecule has 0 spiro atoms. The number of carbonyl (C=O) groups is 1. The average molecular weight is 472 g/mol. The zero-order valence-electron chi connectivity index (χ0n) is 20.0. The van der Waals surface area contributed by atoms with Gasteiger partial charge in [-0.1, -0.05) is 48.7 Å². The molecule has 0 saturated heterocycles. The summed E-state index contributed by atoms with van der Waals surface area (Å²) in [6.45, 7) is 0.917. The van der Waals surface area contributed by atoms with Crippen molar-refractivity contribution in [1.29, 1.82) is 0 Å². The summed E-state index contributed by atoms with van der Waals surface area (Å²) in [4.78, 5) is 12.7. The molecule has 1 saturated carbocycles. The van der Waals surface area contributed by atoms with Crippen LogP contribution >= 0.6 is 0 Å². The van der Waals surface area contributed by atoms with Gasteiger partial charge in [0.2, 0.25) is 0 Å². The number of aromatic nitrogens is 3. The maximum absolute atomic E-state index is 12.7. The smallest absolute Gasteiger partial charge is 0.273 e. The number of aromatic amines is 1. The third-order valence-electron chi connectivity index (χ3n) is 7.20. The highest BCUT2D eigenvalue weighted by Crippen LogP contribution is 2.30. The quantitative estimate of drug-likeness (QED) is 0.361. The van der Waals surface area contributed by atoms with E-state index in [1.807, 2.05) is 30.3 Å². The maximum atomic E-state index is 12.7. The lowest BCUT2D eigenvalue weighted by Gasteiger charge is -2.25. The number of nitrogens with two attached hydrogens (primary N) is 1. The van der Waals surface area contributed by atoms with E-state index in [-0.39, 0.29) is 11.9 Å². The molecule has 4 N–H and O–H groups in total. The highest BCUT2D eigenvalue weighted by Gasteiger charge is 2.23. The molecule has 2 heterocycles. The molecule has 0 bridgehead atoms. The van der Waals surface area contributed by atoms with E-state index in [1.165, 1.54) is 43.2 Å². The topological polar surface area (TPSA) is 110 Å². The lowest BCUT2D eigenvalue weighted by molar-refractivity contribution is 0.0923. The highest BCUT2D eigenvalue weighted by atomic mass is 16.5. The summed E-state index contributed by atoms with van der Waals surface area (Å²) in [5.74, 6) is 1.21. The van der Waals surface area contributed by atoms with Gasteiger partial charge in [-0.2, -0.15) is 5.10 Å². The fraction of sp³-hybridized carbons (Fsp3) is 0.393. The number of amides is 1. The van der Waals surface area contributed by atoms with Gasteiger partial charge in [0.15, 0.2) is 11.5 Å². The van der Waals surface area contributed by atoms with Gasteiger partial charge in [-0.25, -0.2) is 0 Å². The minimum Gasteiger partial charge on any atom is -0.355 e. The molecule has 2 aromatic carbocycles. The number of hydrogen-bond donors (Lipinski definition) is 3. The number of aryl methyl sites for hydroxylation is 1. The van der Waals surface area contributed by atoms with Crippen LogP contribution in [-0.2, 0) is 6.42 Å². The maximum Gasteiger partial charge on any atom is 0.273 e. The van der Waals surface area contributed by atoms with Crippen LogP contribution in [0.15, 0.2) is 59.3 Å². The van der Waals surface area contributed by atoms with Crippen molar-refractivity contribution in [3.8, 4) is 11.3 Å². The molecule has 1 unspecified atom stereocenters. The molecule has 1 atom stereocenters. The molecular weight excluding hydrogens is 438 g/mol. The summed E-state index contributed by atoms with van der Waals surface area (Å²) < 4.78 is 5.41. The van der Waals surface area contributed by atoms with Gasteiger partial charge in [0.25, 0.3) is 5.91 Å². The lowest BCUT2D eigenvalue weighted by Crippen LogP contribution is -2.31. The predicted molar refractivity (Wildman–Crippen MR) is 137 cm³/mol. The van der Waals surface area contributed by atoms with E-state index in [0.717, 1.165) is 48.2 Å². The van der Waals surface area contributed by atoms with E-state index < -0.39 is 0 Å². The minimum absolute atomic E-state index is 0.0184. The highest BCUT2D eigenvalue weighted by molar-refractivity contribution is 5.93. The first kappa shape index (κ1) is 23.3. The van der Waals surface area contributed by atoms with Crippen LogP contribution in [0, 0.1) is 5.92 Å². The van der Waals surface area contributed by atoms with Gasteiger partial charge in [0.05, 0.1) is 17.8 Å². The molecular formula is C28H33N5O2. The van der Waals surface area contributed by atoms with Gasteiger partial charge >= 0.3 is 0 Å². The van der Waals surface area contributed by atoms with E-state index in [2.05, 4.69) is 32.8 Å². The molecule has 35 heavy (non-hydrogen) atoms. The van der Waals surface area contributed by atoms with Crippen molar-refractivity contribution in [3.05, 3.63) is 71.5 Å². The molecule has 6 rings (SSSR count). The van der Waals surface area contributed by atoms with Crippen molar-refractivity contribution in [2.75, 3.05) is 6.54 Å². The Bertz CT molecular complexity index is 1270. The van der Waals surface area contributed by atoms with Gasteiger partial charge < -0.3 is 15.6 Å². The molecule has 2 aliphatic carbocycles. The minimum atomic E-state index is -0.212. The largest absolute Gasteiger partial charge is 0.355 e. The second kappa shape index (κ2) is 10.9. The van der Waals surface area contributed by atoms with Crippen LogP contribution in [0.5, 0.6) is 0 Å². The van der Waals surface area contributed by atoms with Crippen molar-refractivity contribution < 1.29 is 9.32 Å². The van der Waals surface area contributed by atoms with Crippen LogP contribution in [0.25, 0.3) is 22.2 Å². The van der Waals surface area contributed by atoms with E-state index in [4.69, 9.17) is 10.3 Å². The van der Waals surface area contributed by atoms with Crippen LogP contribution in [0.4, 0.5) is 0 Å². The Hall–Kier alpha value is -3.45. The molecule has 0 aliphatic heterocycles.